The van der Waals surface area contributed by atoms with Crippen LogP contribution >= 0.6 is 0 Å². The molecule has 6 rings (SSSR count). The highest BCUT2D eigenvalue weighted by molar-refractivity contribution is 7.86. The second-order valence-electron chi connectivity index (χ2n) is 16.9. The van der Waals surface area contributed by atoms with Crippen molar-refractivity contribution in [3.8, 4) is 5.75 Å². The van der Waals surface area contributed by atoms with E-state index < -0.39 is 20.2 Å². The molecule has 0 amide bonds. The molecule has 10 nitrogen and oxygen atoms in total. The van der Waals surface area contributed by atoms with E-state index in [4.69, 9.17) is 12.6 Å². The molecule has 316 valence electrons. The maximum atomic E-state index is 11.9. The summed E-state index contributed by atoms with van der Waals surface area (Å²) in [4.78, 5) is 13.8. The zero-order chi connectivity index (χ0) is 43.3. The molecular weight excluding hydrogens is 795 g/mol. The first kappa shape index (κ1) is 45.0. The van der Waals surface area contributed by atoms with E-state index in [-0.39, 0.29) is 33.6 Å². The number of unbranched alkanes of at least 4 members (excludes halogenated alkanes) is 3. The highest BCUT2D eigenvalue weighted by Crippen LogP contribution is 2.48. The van der Waals surface area contributed by atoms with Gasteiger partial charge in [-0.15, -0.1) is 0 Å². The van der Waals surface area contributed by atoms with Crippen molar-refractivity contribution in [2.24, 2.45) is 0 Å². The van der Waals surface area contributed by atoms with Gasteiger partial charge in [-0.2, -0.15) is 21.4 Å². The molecule has 0 saturated heterocycles. The van der Waals surface area contributed by atoms with E-state index in [1.54, 1.807) is 12.1 Å². The second-order valence-corrected chi connectivity index (χ2v) is 19.8. The fraction of sp³-hybridized carbons (Fsp3) is 0.404. The van der Waals surface area contributed by atoms with E-state index in [1.807, 2.05) is 12.1 Å². The Morgan fingerprint density at radius 2 is 1.52 bits per heavy atom. The molecule has 3 aromatic rings. The summed E-state index contributed by atoms with van der Waals surface area (Å²) in [6.07, 6.45) is 15.0. The SMILES string of the molecule is [B]CC(=O)CCCCC[N+]1=C(C=CC2=C(Oc3ccc(S(=O)(=O)O)cc3)C(=CC=C3N(CCCCS(=O)(=O)O)c4ccccc4C3(C)C)CCC2)C(C)(C)c2ccccc21. The van der Waals surface area contributed by atoms with Gasteiger partial charge in [0.15, 0.2) is 5.71 Å². The minimum atomic E-state index is -4.39. The summed E-state index contributed by atoms with van der Waals surface area (Å²) >= 11 is 0. The number of hydrogen-bond donors (Lipinski definition) is 2. The standard InChI is InChI=1S/C47H55BN2O8S2/c1-46(2)39-18-7-9-20-41(39)49(30-11-5-6-17-36(51)33-48)43(46)28-22-34-15-14-16-35(45(34)58-37-24-26-38(27-25-37)60(55,56)57)23-29-44-47(3,4)40-19-8-10-21-42(40)50(44)31-12-13-32-59(52,53)54/h7-10,18-29H,5-6,11-17,30-33H2,1-4H3,(H-,52,53,54,55,56,57)/p+1. The molecule has 13 heteroatoms. The molecule has 0 aromatic heterocycles. The third kappa shape index (κ3) is 10.3. The average Bonchev–Trinajstić information content (AvgIpc) is 3.55. The molecule has 0 fully saturated rings. The van der Waals surface area contributed by atoms with E-state index in [0.29, 0.717) is 37.3 Å². The Morgan fingerprint density at radius 3 is 2.22 bits per heavy atom. The number of anilines is 1. The number of fused-ring (bicyclic) bond motifs is 2. The maximum Gasteiger partial charge on any atom is 0.294 e. The number of ketones is 1. The van der Waals surface area contributed by atoms with Crippen LogP contribution in [0.1, 0.15) is 96.6 Å². The number of ether oxygens (including phenoxy) is 1. The van der Waals surface area contributed by atoms with Crippen molar-refractivity contribution in [3.63, 3.8) is 0 Å². The lowest BCUT2D eigenvalue weighted by Gasteiger charge is -2.27. The first-order valence-corrected chi connectivity index (χ1v) is 23.8. The molecule has 2 N–H and O–H groups in total. The number of para-hydroxylation sites is 2. The van der Waals surface area contributed by atoms with Gasteiger partial charge in [0, 0.05) is 53.9 Å². The maximum absolute atomic E-state index is 11.9. The monoisotopic (exact) mass is 851 g/mol. The number of hydrogen-bond acceptors (Lipinski definition) is 7. The first-order chi connectivity index (χ1) is 28.4. The summed E-state index contributed by atoms with van der Waals surface area (Å²) in [5, 5.41) is 0. The van der Waals surface area contributed by atoms with Crippen molar-refractivity contribution in [1.29, 1.82) is 0 Å². The molecule has 0 atom stereocenters. The van der Waals surface area contributed by atoms with Gasteiger partial charge in [0.25, 0.3) is 20.2 Å². The highest BCUT2D eigenvalue weighted by atomic mass is 32.2. The van der Waals surface area contributed by atoms with Gasteiger partial charge in [-0.05, 0) is 124 Å². The zero-order valence-electron chi connectivity index (χ0n) is 35.1. The Balaban J connectivity index is 1.40. The van der Waals surface area contributed by atoms with Crippen LogP contribution in [0.25, 0.3) is 0 Å². The van der Waals surface area contributed by atoms with E-state index in [0.717, 1.165) is 78.9 Å². The van der Waals surface area contributed by atoms with E-state index in [1.165, 1.54) is 23.4 Å². The lowest BCUT2D eigenvalue weighted by atomic mass is 9.81. The van der Waals surface area contributed by atoms with Crippen molar-refractivity contribution in [2.75, 3.05) is 23.7 Å². The third-order valence-electron chi connectivity index (χ3n) is 11.9. The molecule has 2 radical (unpaired) electrons. The van der Waals surface area contributed by atoms with Gasteiger partial charge in [-0.25, -0.2) is 0 Å². The van der Waals surface area contributed by atoms with Gasteiger partial charge >= 0.3 is 0 Å². The summed E-state index contributed by atoms with van der Waals surface area (Å²) in [6.45, 7) is 10.2. The normalized spacial score (nSPS) is 18.8. The number of Topliss-reactive ketones (excluding diaryl/α,β-unsaturated/α-hetero) is 1. The lowest BCUT2D eigenvalue weighted by molar-refractivity contribution is -0.438. The molecule has 1 aliphatic carbocycles. The smallest absolute Gasteiger partial charge is 0.294 e. The quantitative estimate of drug-likeness (QED) is 0.0554. The van der Waals surface area contributed by atoms with Crippen LogP contribution in [-0.4, -0.2) is 68.7 Å². The van der Waals surface area contributed by atoms with Crippen LogP contribution in [0.3, 0.4) is 0 Å². The van der Waals surface area contributed by atoms with Crippen molar-refractivity contribution < 1.29 is 40.0 Å². The predicted octanol–water partition coefficient (Wildman–Crippen LogP) is 9.38. The van der Waals surface area contributed by atoms with Crippen molar-refractivity contribution in [3.05, 3.63) is 131 Å². The summed E-state index contributed by atoms with van der Waals surface area (Å²) in [5.74, 6) is 0.888. The number of nitrogens with zero attached hydrogens (tertiary/aromatic N) is 2. The van der Waals surface area contributed by atoms with Crippen LogP contribution in [0.2, 0.25) is 6.32 Å². The van der Waals surface area contributed by atoms with Gasteiger partial charge in [-0.1, -0.05) is 56.3 Å². The van der Waals surface area contributed by atoms with Gasteiger partial charge in [0.2, 0.25) is 5.69 Å². The molecule has 2 heterocycles. The molecule has 0 spiro atoms. The number of benzene rings is 3. The van der Waals surface area contributed by atoms with Crippen LogP contribution in [0.5, 0.6) is 5.75 Å². The fourth-order valence-electron chi connectivity index (χ4n) is 8.70. The average molecular weight is 852 g/mol. The van der Waals surface area contributed by atoms with Crippen LogP contribution in [0, 0.1) is 0 Å². The number of allylic oxidation sites excluding steroid dienone is 7. The Morgan fingerprint density at radius 1 is 0.817 bits per heavy atom. The second kappa shape index (κ2) is 18.6. The van der Waals surface area contributed by atoms with E-state index in [2.05, 4.69) is 97.9 Å². The largest absolute Gasteiger partial charge is 0.457 e. The van der Waals surface area contributed by atoms with Crippen LogP contribution in [0.4, 0.5) is 11.4 Å². The van der Waals surface area contributed by atoms with Gasteiger partial charge in [0.05, 0.1) is 23.9 Å². The topological polar surface area (TPSA) is 141 Å². The van der Waals surface area contributed by atoms with Crippen molar-refractivity contribution >= 4 is 51.0 Å². The van der Waals surface area contributed by atoms with Crippen LogP contribution in [-0.2, 0) is 35.9 Å². The van der Waals surface area contributed by atoms with Crippen LogP contribution in [0.15, 0.2) is 125 Å². The minimum absolute atomic E-state index is 0.0782. The zero-order valence-corrected chi connectivity index (χ0v) is 36.7. The van der Waals surface area contributed by atoms with Gasteiger partial charge in [0.1, 0.15) is 23.8 Å². The Labute approximate surface area is 357 Å². The predicted molar refractivity (Wildman–Crippen MR) is 239 cm³/mol. The Bertz CT molecular complexity index is 2480. The number of carbonyl (C=O) groups excluding carboxylic acids is 1. The lowest BCUT2D eigenvalue weighted by Crippen LogP contribution is -2.28. The van der Waals surface area contributed by atoms with Crippen molar-refractivity contribution in [2.45, 2.75) is 108 Å². The molecule has 3 aromatic carbocycles. The Hall–Kier alpha value is -4.56. The minimum Gasteiger partial charge on any atom is -0.457 e. The van der Waals surface area contributed by atoms with E-state index in [9.17, 15) is 30.7 Å². The number of rotatable bonds is 18. The molecule has 3 aliphatic rings. The molecule has 2 aliphatic heterocycles. The van der Waals surface area contributed by atoms with Gasteiger partial charge in [-0.3, -0.25) is 9.11 Å². The summed E-state index contributed by atoms with van der Waals surface area (Å²) < 4.78 is 74.8. The molecule has 0 unspecified atom stereocenters. The first-order valence-electron chi connectivity index (χ1n) is 20.8. The van der Waals surface area contributed by atoms with Crippen LogP contribution < -0.4 is 9.64 Å². The number of carbonyl (C=O) groups is 1. The Kier molecular flexibility index (Phi) is 13.9. The summed E-state index contributed by atoms with van der Waals surface area (Å²) in [5.41, 5.74) is 8.12. The molecular formula is C47H56BN2O8S2+. The fourth-order valence-corrected chi connectivity index (χ4v) is 9.75. The highest BCUT2D eigenvalue weighted by Gasteiger charge is 2.44. The third-order valence-corrected chi connectivity index (χ3v) is 13.6. The molecule has 60 heavy (non-hydrogen) atoms. The summed E-state index contributed by atoms with van der Waals surface area (Å²) in [7, 11) is -2.92. The summed E-state index contributed by atoms with van der Waals surface area (Å²) in [6, 6.07) is 22.4. The molecule has 0 bridgehead atoms. The van der Waals surface area contributed by atoms with Crippen molar-refractivity contribution in [1.82, 2.24) is 0 Å². The molecule has 0 saturated carbocycles. The van der Waals surface area contributed by atoms with E-state index >= 15 is 0 Å². The van der Waals surface area contributed by atoms with Gasteiger partial charge < -0.3 is 14.4 Å².